The molecule has 10 nitrogen and oxygen atoms in total. The Bertz CT molecular complexity index is 850. The number of aromatic hydroxyl groups is 1. The second kappa shape index (κ2) is 11.1. The molecule has 3 aromatic rings. The van der Waals surface area contributed by atoms with Crippen molar-refractivity contribution >= 4 is 0 Å². The van der Waals surface area contributed by atoms with Gasteiger partial charge in [0.25, 0.3) is 0 Å². The summed E-state index contributed by atoms with van der Waals surface area (Å²) < 4.78 is 5.85. The molecule has 2 heterocycles. The molecular formula is C19H27N8O2. The van der Waals surface area contributed by atoms with Crippen molar-refractivity contribution in [2.75, 3.05) is 6.61 Å². The van der Waals surface area contributed by atoms with Gasteiger partial charge in [0.1, 0.15) is 17.3 Å². The molecule has 1 aromatic carbocycles. The average Bonchev–Trinajstić information content (AvgIpc) is 3.39. The van der Waals surface area contributed by atoms with Crippen LogP contribution in [0.2, 0.25) is 0 Å². The molecule has 0 aliphatic carbocycles. The van der Waals surface area contributed by atoms with Gasteiger partial charge in [-0.2, -0.15) is 4.80 Å². The number of aryl methyl sites for hydroxylation is 3. The first-order valence-electron chi connectivity index (χ1n) is 10.1. The fraction of sp³-hybridized carbons (Fsp3) is 0.579. The largest absolute Gasteiger partial charge is 0.507 e. The van der Waals surface area contributed by atoms with E-state index in [9.17, 15) is 5.11 Å². The molecule has 3 rings (SSSR count). The fourth-order valence-corrected chi connectivity index (χ4v) is 3.00. The molecule has 0 saturated heterocycles. The van der Waals surface area contributed by atoms with Gasteiger partial charge >= 0.3 is 0 Å². The van der Waals surface area contributed by atoms with Crippen molar-refractivity contribution in [2.45, 2.75) is 64.8 Å². The lowest BCUT2D eigenvalue weighted by Gasteiger charge is -2.12. The SMILES string of the molecule is CCCc1c(O)[c]ccc1OCCCCc1nnn(CCCCc2nnn[nH]2)n1. The molecule has 0 saturated carbocycles. The molecule has 1 radical (unpaired) electrons. The molecule has 29 heavy (non-hydrogen) atoms. The number of nitrogens with one attached hydrogen (secondary N) is 1. The lowest BCUT2D eigenvalue weighted by Crippen LogP contribution is -2.04. The molecule has 0 amide bonds. The molecule has 0 fully saturated rings. The van der Waals surface area contributed by atoms with Crippen LogP contribution in [0, 0.1) is 6.07 Å². The van der Waals surface area contributed by atoms with Crippen molar-refractivity contribution in [2.24, 2.45) is 0 Å². The molecule has 0 aliphatic heterocycles. The highest BCUT2D eigenvalue weighted by Gasteiger charge is 2.09. The maximum atomic E-state index is 9.93. The van der Waals surface area contributed by atoms with Crippen LogP contribution in [-0.2, 0) is 25.8 Å². The molecule has 0 bridgehead atoms. The number of unbranched alkanes of at least 4 members (excludes halogenated alkanes) is 2. The zero-order valence-electron chi connectivity index (χ0n) is 16.7. The Morgan fingerprint density at radius 3 is 2.86 bits per heavy atom. The number of nitrogens with zero attached hydrogens (tertiary/aromatic N) is 7. The van der Waals surface area contributed by atoms with Gasteiger partial charge < -0.3 is 9.84 Å². The Labute approximate surface area is 169 Å². The molecule has 155 valence electrons. The third-order valence-electron chi connectivity index (χ3n) is 4.50. The second-order valence-electron chi connectivity index (χ2n) is 6.83. The summed E-state index contributed by atoms with van der Waals surface area (Å²) in [4.78, 5) is 1.64. The summed E-state index contributed by atoms with van der Waals surface area (Å²) in [6, 6.07) is 6.36. The molecule has 2 aromatic heterocycles. The summed E-state index contributed by atoms with van der Waals surface area (Å²) in [5.41, 5.74) is 0.833. The van der Waals surface area contributed by atoms with Gasteiger partial charge in [-0.05, 0) is 59.9 Å². The Morgan fingerprint density at radius 1 is 1.14 bits per heavy atom. The number of tetrazole rings is 2. The number of hydrogen-bond acceptors (Lipinski definition) is 8. The van der Waals surface area contributed by atoms with E-state index in [4.69, 9.17) is 4.74 Å². The lowest BCUT2D eigenvalue weighted by atomic mass is 10.1. The smallest absolute Gasteiger partial charge is 0.174 e. The summed E-state index contributed by atoms with van der Waals surface area (Å²) in [5, 5.41) is 36.3. The monoisotopic (exact) mass is 399 g/mol. The van der Waals surface area contributed by atoms with Crippen molar-refractivity contribution in [3.8, 4) is 11.5 Å². The van der Waals surface area contributed by atoms with Crippen molar-refractivity contribution in [1.82, 2.24) is 40.8 Å². The van der Waals surface area contributed by atoms with E-state index in [1.54, 1.807) is 10.9 Å². The molecule has 0 spiro atoms. The maximum Gasteiger partial charge on any atom is 0.174 e. The zero-order valence-corrected chi connectivity index (χ0v) is 16.7. The predicted octanol–water partition coefficient (Wildman–Crippen LogP) is 2.07. The van der Waals surface area contributed by atoms with Crippen LogP contribution in [0.1, 0.15) is 56.2 Å². The van der Waals surface area contributed by atoms with E-state index < -0.39 is 0 Å². The highest BCUT2D eigenvalue weighted by Crippen LogP contribution is 2.28. The van der Waals surface area contributed by atoms with Crippen molar-refractivity contribution in [3.05, 3.63) is 35.4 Å². The van der Waals surface area contributed by atoms with Crippen LogP contribution in [0.4, 0.5) is 0 Å². The van der Waals surface area contributed by atoms with Crippen LogP contribution in [0.15, 0.2) is 12.1 Å². The van der Waals surface area contributed by atoms with Crippen LogP contribution < -0.4 is 4.74 Å². The number of phenols is 1. The average molecular weight is 399 g/mol. The van der Waals surface area contributed by atoms with E-state index in [1.165, 1.54) is 0 Å². The first-order chi connectivity index (χ1) is 14.3. The van der Waals surface area contributed by atoms with Crippen LogP contribution in [0.3, 0.4) is 0 Å². The number of H-pyrrole nitrogens is 1. The van der Waals surface area contributed by atoms with Gasteiger partial charge in [0, 0.05) is 24.5 Å². The number of phenolic OH excluding ortho intramolecular Hbond substituents is 1. The van der Waals surface area contributed by atoms with Crippen LogP contribution in [0.5, 0.6) is 11.5 Å². The van der Waals surface area contributed by atoms with E-state index >= 15 is 0 Å². The highest BCUT2D eigenvalue weighted by molar-refractivity contribution is 5.43. The van der Waals surface area contributed by atoms with E-state index in [2.05, 4.69) is 49.0 Å². The fourth-order valence-electron chi connectivity index (χ4n) is 3.00. The van der Waals surface area contributed by atoms with Crippen molar-refractivity contribution in [3.63, 3.8) is 0 Å². The lowest BCUT2D eigenvalue weighted by molar-refractivity contribution is 0.301. The van der Waals surface area contributed by atoms with Gasteiger partial charge in [0.05, 0.1) is 13.2 Å². The standard InChI is InChI=1S/C19H27N8O2/c1-2-8-15-16(28)9-7-10-17(15)29-14-6-4-12-19-22-26-27(23-19)13-5-3-11-18-20-24-25-21-18/h7,10,28H,2-6,8,11-14H2,1H3,(H,20,21,24,25). The molecular weight excluding hydrogens is 372 g/mol. The van der Waals surface area contributed by atoms with Crippen molar-refractivity contribution in [1.29, 1.82) is 0 Å². The van der Waals surface area contributed by atoms with Crippen molar-refractivity contribution < 1.29 is 9.84 Å². The first-order valence-corrected chi connectivity index (χ1v) is 10.1. The molecule has 0 aliphatic rings. The number of aromatic amines is 1. The number of aromatic nitrogens is 8. The van der Waals surface area contributed by atoms with E-state index in [-0.39, 0.29) is 5.75 Å². The van der Waals surface area contributed by atoms with E-state index in [0.717, 1.165) is 80.9 Å². The maximum absolute atomic E-state index is 9.93. The van der Waals surface area contributed by atoms with Gasteiger partial charge in [-0.25, -0.2) is 5.10 Å². The number of hydrogen-bond donors (Lipinski definition) is 2. The summed E-state index contributed by atoms with van der Waals surface area (Å²) in [5.74, 6) is 2.48. The Kier molecular flexibility index (Phi) is 7.90. The molecule has 2 N–H and O–H groups in total. The Balaban J connectivity index is 1.32. The number of ether oxygens (including phenoxy) is 1. The summed E-state index contributed by atoms with van der Waals surface area (Å²) >= 11 is 0. The molecule has 0 unspecified atom stereocenters. The van der Waals surface area contributed by atoms with Crippen LogP contribution >= 0.6 is 0 Å². The predicted molar refractivity (Wildman–Crippen MR) is 104 cm³/mol. The second-order valence-corrected chi connectivity index (χ2v) is 6.83. The van der Waals surface area contributed by atoms with Gasteiger partial charge in [-0.15, -0.1) is 15.3 Å². The molecule has 0 atom stereocenters. The highest BCUT2D eigenvalue weighted by atomic mass is 16.5. The van der Waals surface area contributed by atoms with Gasteiger partial charge in [0.15, 0.2) is 5.82 Å². The van der Waals surface area contributed by atoms with Crippen LogP contribution in [-0.4, -0.2) is 52.5 Å². The topological polar surface area (TPSA) is 128 Å². The molecule has 10 heteroatoms. The third kappa shape index (κ3) is 6.51. The van der Waals surface area contributed by atoms with Gasteiger partial charge in [0.2, 0.25) is 0 Å². The quantitative estimate of drug-likeness (QED) is 0.418. The minimum absolute atomic E-state index is 0.183. The van der Waals surface area contributed by atoms with E-state index in [1.807, 2.05) is 6.07 Å². The van der Waals surface area contributed by atoms with E-state index in [0.29, 0.717) is 6.61 Å². The van der Waals surface area contributed by atoms with Crippen LogP contribution in [0.25, 0.3) is 0 Å². The van der Waals surface area contributed by atoms with Gasteiger partial charge in [-0.3, -0.25) is 0 Å². The number of benzene rings is 1. The van der Waals surface area contributed by atoms with Gasteiger partial charge in [-0.1, -0.05) is 13.3 Å². The number of rotatable bonds is 13. The Morgan fingerprint density at radius 2 is 2.03 bits per heavy atom. The third-order valence-corrected chi connectivity index (χ3v) is 4.50. The minimum atomic E-state index is 0.183. The summed E-state index contributed by atoms with van der Waals surface area (Å²) in [6.45, 7) is 3.39. The normalized spacial score (nSPS) is 11.1. The first kappa shape index (κ1) is 20.7. The summed E-state index contributed by atoms with van der Waals surface area (Å²) in [7, 11) is 0. The minimum Gasteiger partial charge on any atom is -0.507 e. The Hall–Kier alpha value is -3.04. The summed E-state index contributed by atoms with van der Waals surface area (Å²) in [6.07, 6.45) is 6.99. The zero-order chi connectivity index (χ0) is 20.3.